The van der Waals surface area contributed by atoms with Crippen LogP contribution in [0.4, 0.5) is 0 Å². The molecular weight excluding hydrogens is 292 g/mol. The van der Waals surface area contributed by atoms with Crippen molar-refractivity contribution in [3.63, 3.8) is 0 Å². The summed E-state index contributed by atoms with van der Waals surface area (Å²) in [6.45, 7) is 7.48. The van der Waals surface area contributed by atoms with Gasteiger partial charge in [0.1, 0.15) is 12.5 Å². The fraction of sp³-hybridized carbons (Fsp3) is 0.579. The Morgan fingerprint density at radius 1 is 1.30 bits per heavy atom. The smallest absolute Gasteiger partial charge is 0.147 e. The molecule has 23 heavy (non-hydrogen) atoms. The highest BCUT2D eigenvalue weighted by atomic mass is 16.7. The maximum atomic E-state index is 5.80. The lowest BCUT2D eigenvalue weighted by Gasteiger charge is -2.32. The van der Waals surface area contributed by atoms with E-state index in [9.17, 15) is 0 Å². The van der Waals surface area contributed by atoms with Gasteiger partial charge in [-0.3, -0.25) is 0 Å². The lowest BCUT2D eigenvalue weighted by molar-refractivity contribution is -0.0897. The van der Waals surface area contributed by atoms with Crippen molar-refractivity contribution in [3.8, 4) is 5.75 Å². The second kappa shape index (κ2) is 9.06. The molecule has 128 valence electrons. The minimum atomic E-state index is 0.0554. The Balaban J connectivity index is 1.75. The quantitative estimate of drug-likeness (QED) is 0.354. The Kier molecular flexibility index (Phi) is 7.09. The number of hydrogen-bond donors (Lipinski definition) is 0. The molecule has 1 aliphatic carbocycles. The van der Waals surface area contributed by atoms with Gasteiger partial charge in [-0.05, 0) is 55.4 Å². The Labute approximate surface area is 139 Å². The maximum absolute atomic E-state index is 5.80. The first kappa shape index (κ1) is 18.0. The third-order valence-corrected chi connectivity index (χ3v) is 4.37. The third kappa shape index (κ3) is 5.06. The van der Waals surface area contributed by atoms with Gasteiger partial charge in [-0.2, -0.15) is 0 Å². The molecule has 0 fully saturated rings. The number of benzene rings is 1. The molecule has 0 aliphatic heterocycles. The lowest BCUT2D eigenvalue weighted by atomic mass is 9.74. The highest BCUT2D eigenvalue weighted by molar-refractivity contribution is 5.44. The van der Waals surface area contributed by atoms with Gasteiger partial charge in [-0.25, -0.2) is 0 Å². The molecule has 4 nitrogen and oxygen atoms in total. The summed E-state index contributed by atoms with van der Waals surface area (Å²) >= 11 is 0. The molecule has 1 unspecified atom stereocenters. The third-order valence-electron chi connectivity index (χ3n) is 4.37. The van der Waals surface area contributed by atoms with Gasteiger partial charge in [-0.1, -0.05) is 18.2 Å². The molecule has 0 bridgehead atoms. The van der Waals surface area contributed by atoms with E-state index in [0.29, 0.717) is 25.9 Å². The Morgan fingerprint density at radius 3 is 2.78 bits per heavy atom. The predicted molar refractivity (Wildman–Crippen MR) is 91.1 cm³/mol. The number of fused-ring (bicyclic) bond motifs is 1. The molecule has 0 amide bonds. The van der Waals surface area contributed by atoms with E-state index in [1.54, 1.807) is 14.2 Å². The molecule has 0 N–H and O–H groups in total. The highest BCUT2D eigenvalue weighted by Gasteiger charge is 2.27. The number of hydrogen-bond acceptors (Lipinski definition) is 4. The molecular formula is C19H28O4. The molecule has 0 saturated carbocycles. The first-order chi connectivity index (χ1) is 11.2. The van der Waals surface area contributed by atoms with Gasteiger partial charge in [0, 0.05) is 7.11 Å². The number of rotatable bonds is 11. The molecule has 0 spiro atoms. The van der Waals surface area contributed by atoms with Crippen LogP contribution in [0.3, 0.4) is 0 Å². The second-order valence-corrected chi connectivity index (χ2v) is 6.06. The van der Waals surface area contributed by atoms with Crippen molar-refractivity contribution in [2.24, 2.45) is 0 Å². The largest absolute Gasteiger partial charge is 0.497 e. The number of methoxy groups -OCH3 is 2. The second-order valence-electron chi connectivity index (χ2n) is 6.06. The van der Waals surface area contributed by atoms with Crippen LogP contribution in [0.25, 0.3) is 0 Å². The molecule has 1 aromatic carbocycles. The monoisotopic (exact) mass is 320 g/mol. The zero-order valence-electron chi connectivity index (χ0n) is 14.5. The van der Waals surface area contributed by atoms with Crippen molar-refractivity contribution in [3.05, 3.63) is 41.5 Å². The van der Waals surface area contributed by atoms with Crippen molar-refractivity contribution >= 4 is 0 Å². The van der Waals surface area contributed by atoms with Crippen LogP contribution in [-0.4, -0.2) is 40.3 Å². The van der Waals surface area contributed by atoms with Gasteiger partial charge in [0.2, 0.25) is 0 Å². The van der Waals surface area contributed by atoms with Gasteiger partial charge in [-0.15, -0.1) is 0 Å². The summed E-state index contributed by atoms with van der Waals surface area (Å²) < 4.78 is 21.4. The molecule has 2 rings (SSSR count). The zero-order valence-corrected chi connectivity index (χ0v) is 14.5. The van der Waals surface area contributed by atoms with E-state index < -0.39 is 0 Å². The summed E-state index contributed by atoms with van der Waals surface area (Å²) in [7, 11) is 3.37. The van der Waals surface area contributed by atoms with Crippen LogP contribution < -0.4 is 4.74 Å². The van der Waals surface area contributed by atoms with Crippen molar-refractivity contribution in [1.82, 2.24) is 0 Å². The van der Waals surface area contributed by atoms with Crippen molar-refractivity contribution in [2.75, 3.05) is 34.2 Å². The van der Waals surface area contributed by atoms with Crippen LogP contribution in [0.1, 0.15) is 36.8 Å². The predicted octanol–water partition coefficient (Wildman–Crippen LogP) is 3.70. The van der Waals surface area contributed by atoms with Crippen LogP contribution in [0.15, 0.2) is 30.4 Å². The molecule has 4 heteroatoms. The van der Waals surface area contributed by atoms with Crippen molar-refractivity contribution < 1.29 is 18.9 Å². The van der Waals surface area contributed by atoms with Crippen LogP contribution in [0.5, 0.6) is 5.75 Å². The van der Waals surface area contributed by atoms with Crippen LogP contribution in [-0.2, 0) is 20.6 Å². The maximum Gasteiger partial charge on any atom is 0.147 e. The van der Waals surface area contributed by atoms with E-state index in [1.165, 1.54) is 11.1 Å². The summed E-state index contributed by atoms with van der Waals surface area (Å²) in [4.78, 5) is 0. The summed E-state index contributed by atoms with van der Waals surface area (Å²) in [6, 6.07) is 6.37. The SMILES string of the molecule is C=C(C)[C@H](CCC1Cc2cc(OC)ccc21)OCOCCOC. The van der Waals surface area contributed by atoms with E-state index in [-0.39, 0.29) is 6.10 Å². The highest BCUT2D eigenvalue weighted by Crippen LogP contribution is 2.40. The summed E-state index contributed by atoms with van der Waals surface area (Å²) in [5.41, 5.74) is 3.90. The Bertz CT molecular complexity index is 512. The van der Waals surface area contributed by atoms with E-state index in [2.05, 4.69) is 18.7 Å². The average Bonchev–Trinajstić information content (AvgIpc) is 2.52. The van der Waals surface area contributed by atoms with Gasteiger partial charge < -0.3 is 18.9 Å². The molecule has 2 atom stereocenters. The molecule has 0 saturated heterocycles. The zero-order chi connectivity index (χ0) is 16.7. The minimum absolute atomic E-state index is 0.0554. The Hall–Kier alpha value is -1.36. The van der Waals surface area contributed by atoms with Gasteiger partial charge in [0.15, 0.2) is 0 Å². The minimum Gasteiger partial charge on any atom is -0.497 e. The summed E-state index contributed by atoms with van der Waals surface area (Å²) in [6.07, 6.45) is 3.26. The van der Waals surface area contributed by atoms with E-state index >= 15 is 0 Å². The van der Waals surface area contributed by atoms with Crippen LogP contribution in [0, 0.1) is 0 Å². The lowest BCUT2D eigenvalue weighted by Crippen LogP contribution is -2.22. The fourth-order valence-corrected chi connectivity index (χ4v) is 2.94. The van der Waals surface area contributed by atoms with Gasteiger partial charge >= 0.3 is 0 Å². The molecule has 0 aromatic heterocycles. The summed E-state index contributed by atoms with van der Waals surface area (Å²) in [5.74, 6) is 1.56. The molecule has 0 heterocycles. The molecule has 1 aromatic rings. The van der Waals surface area contributed by atoms with E-state index in [0.717, 1.165) is 30.6 Å². The standard InChI is InChI=1S/C19H28O4/c1-14(2)19(23-13-22-10-9-20-3)8-5-15-11-16-12-17(21-4)6-7-18(15)16/h6-7,12,15,19H,1,5,8-11,13H2,2-4H3/t15?,19-/m0/s1. The van der Waals surface area contributed by atoms with Crippen molar-refractivity contribution in [2.45, 2.75) is 38.2 Å². The first-order valence-electron chi connectivity index (χ1n) is 8.16. The summed E-state index contributed by atoms with van der Waals surface area (Å²) in [5, 5.41) is 0. The van der Waals surface area contributed by atoms with Gasteiger partial charge in [0.25, 0.3) is 0 Å². The molecule has 1 aliphatic rings. The number of ether oxygens (including phenoxy) is 4. The first-order valence-corrected chi connectivity index (χ1v) is 8.16. The van der Waals surface area contributed by atoms with Crippen LogP contribution in [0.2, 0.25) is 0 Å². The average molecular weight is 320 g/mol. The fourth-order valence-electron chi connectivity index (χ4n) is 2.94. The Morgan fingerprint density at radius 2 is 2.13 bits per heavy atom. The van der Waals surface area contributed by atoms with E-state index in [4.69, 9.17) is 18.9 Å². The normalized spacial score (nSPS) is 17.3. The van der Waals surface area contributed by atoms with Crippen LogP contribution >= 0.6 is 0 Å². The van der Waals surface area contributed by atoms with Gasteiger partial charge in [0.05, 0.1) is 26.4 Å². The van der Waals surface area contributed by atoms with Crippen molar-refractivity contribution in [1.29, 1.82) is 0 Å². The van der Waals surface area contributed by atoms with E-state index in [1.807, 2.05) is 13.0 Å². The topological polar surface area (TPSA) is 36.9 Å². The molecule has 0 radical (unpaired) electrons.